The third-order valence-corrected chi connectivity index (χ3v) is 3.11. The smallest absolute Gasteiger partial charge is 0.137 e. The van der Waals surface area contributed by atoms with Crippen molar-refractivity contribution in [2.45, 2.75) is 32.6 Å². The quantitative estimate of drug-likeness (QED) is 0.649. The van der Waals surface area contributed by atoms with Crippen molar-refractivity contribution in [3.8, 4) is 0 Å². The maximum atomic E-state index is 13.0. The third kappa shape index (κ3) is 4.12. The minimum absolute atomic E-state index is 0.0677. The van der Waals surface area contributed by atoms with Crippen molar-refractivity contribution in [3.63, 3.8) is 0 Å². The molecule has 0 N–H and O–H groups in total. The molecule has 0 saturated heterocycles. The number of hydrogen-bond acceptors (Lipinski definition) is 0. The SMILES string of the molecule is CC(C)(C)CC(Cl)c1ccc(F)c(Br)c1. The topological polar surface area (TPSA) is 0 Å². The van der Waals surface area contributed by atoms with Gasteiger partial charge in [-0.1, -0.05) is 26.8 Å². The van der Waals surface area contributed by atoms with Crippen molar-refractivity contribution in [1.29, 1.82) is 0 Å². The first kappa shape index (κ1) is 13.0. The molecule has 0 amide bonds. The van der Waals surface area contributed by atoms with E-state index in [9.17, 15) is 4.39 Å². The Morgan fingerprint density at radius 1 is 1.40 bits per heavy atom. The molecular formula is C12H15BrClF. The van der Waals surface area contributed by atoms with Crippen molar-refractivity contribution in [2.75, 3.05) is 0 Å². The zero-order chi connectivity index (χ0) is 11.6. The number of halogens is 3. The van der Waals surface area contributed by atoms with E-state index in [1.54, 1.807) is 12.1 Å². The average molecular weight is 294 g/mol. The Kier molecular flexibility index (Phi) is 4.19. The molecule has 0 bridgehead atoms. The molecule has 0 aliphatic rings. The van der Waals surface area contributed by atoms with Crippen LogP contribution < -0.4 is 0 Å². The summed E-state index contributed by atoms with van der Waals surface area (Å²) in [6.07, 6.45) is 0.868. The average Bonchev–Trinajstić information content (AvgIpc) is 2.06. The fourth-order valence-corrected chi connectivity index (χ4v) is 2.36. The molecule has 0 nitrogen and oxygen atoms in total. The van der Waals surface area contributed by atoms with E-state index in [1.165, 1.54) is 6.07 Å². The van der Waals surface area contributed by atoms with Gasteiger partial charge in [-0.2, -0.15) is 0 Å². The van der Waals surface area contributed by atoms with E-state index in [1.807, 2.05) is 0 Å². The second kappa shape index (κ2) is 4.84. The molecule has 1 aromatic rings. The van der Waals surface area contributed by atoms with Gasteiger partial charge in [-0.25, -0.2) is 4.39 Å². The van der Waals surface area contributed by atoms with Gasteiger partial charge in [0.05, 0.1) is 9.85 Å². The molecule has 84 valence electrons. The van der Waals surface area contributed by atoms with Crippen LogP contribution in [0.25, 0.3) is 0 Å². The highest BCUT2D eigenvalue weighted by Crippen LogP contribution is 2.35. The van der Waals surface area contributed by atoms with E-state index in [4.69, 9.17) is 11.6 Å². The number of hydrogen-bond donors (Lipinski definition) is 0. The van der Waals surface area contributed by atoms with Crippen molar-refractivity contribution in [1.82, 2.24) is 0 Å². The summed E-state index contributed by atoms with van der Waals surface area (Å²) in [7, 11) is 0. The van der Waals surface area contributed by atoms with Gasteiger partial charge >= 0.3 is 0 Å². The minimum atomic E-state index is -0.252. The molecule has 0 radical (unpaired) electrons. The first-order chi connectivity index (χ1) is 6.79. The first-order valence-corrected chi connectivity index (χ1v) is 6.11. The molecule has 15 heavy (non-hydrogen) atoms. The summed E-state index contributed by atoms with van der Waals surface area (Å²) in [4.78, 5) is 0. The Morgan fingerprint density at radius 2 is 2.00 bits per heavy atom. The summed E-state index contributed by atoms with van der Waals surface area (Å²) in [5, 5.41) is -0.0677. The molecule has 0 aliphatic heterocycles. The Hall–Kier alpha value is -0.0800. The van der Waals surface area contributed by atoms with Gasteiger partial charge in [0.1, 0.15) is 5.82 Å². The molecule has 0 aliphatic carbocycles. The van der Waals surface area contributed by atoms with E-state index < -0.39 is 0 Å². The number of benzene rings is 1. The molecule has 1 rings (SSSR count). The second-order valence-electron chi connectivity index (χ2n) is 4.91. The molecule has 0 spiro atoms. The van der Waals surface area contributed by atoms with Gasteiger partial charge in [0.25, 0.3) is 0 Å². The van der Waals surface area contributed by atoms with Crippen molar-refractivity contribution in [2.24, 2.45) is 5.41 Å². The van der Waals surface area contributed by atoms with Crippen molar-refractivity contribution >= 4 is 27.5 Å². The lowest BCUT2D eigenvalue weighted by Crippen LogP contribution is -2.08. The van der Waals surface area contributed by atoms with Crippen LogP contribution in [0.2, 0.25) is 0 Å². The fourth-order valence-electron chi connectivity index (χ4n) is 1.36. The summed E-state index contributed by atoms with van der Waals surface area (Å²) in [5.41, 5.74) is 1.13. The van der Waals surface area contributed by atoms with Crippen LogP contribution in [0.1, 0.15) is 38.1 Å². The molecule has 0 fully saturated rings. The fraction of sp³-hybridized carbons (Fsp3) is 0.500. The molecule has 0 aromatic heterocycles. The van der Waals surface area contributed by atoms with Gasteiger partial charge in [0.15, 0.2) is 0 Å². The molecule has 1 aromatic carbocycles. The molecule has 3 heteroatoms. The van der Waals surface area contributed by atoms with Crippen LogP contribution in [0.15, 0.2) is 22.7 Å². The Bertz CT molecular complexity index is 344. The Morgan fingerprint density at radius 3 is 2.47 bits per heavy atom. The van der Waals surface area contributed by atoms with Crippen molar-refractivity contribution in [3.05, 3.63) is 34.1 Å². The summed E-state index contributed by atoms with van der Waals surface area (Å²) in [6.45, 7) is 6.42. The molecule has 1 unspecified atom stereocenters. The summed E-state index contributed by atoms with van der Waals surface area (Å²) >= 11 is 9.43. The number of rotatable bonds is 2. The lowest BCUT2D eigenvalue weighted by molar-refractivity contribution is 0.372. The van der Waals surface area contributed by atoms with Crippen LogP contribution in [0.5, 0.6) is 0 Å². The van der Waals surface area contributed by atoms with Gasteiger partial charge < -0.3 is 0 Å². The van der Waals surface area contributed by atoms with E-state index in [2.05, 4.69) is 36.7 Å². The van der Waals surface area contributed by atoms with Crippen molar-refractivity contribution < 1.29 is 4.39 Å². The largest absolute Gasteiger partial charge is 0.206 e. The van der Waals surface area contributed by atoms with Crippen LogP contribution in [0.3, 0.4) is 0 Å². The highest BCUT2D eigenvalue weighted by Gasteiger charge is 2.18. The predicted molar refractivity (Wildman–Crippen MR) is 66.8 cm³/mol. The van der Waals surface area contributed by atoms with Gasteiger partial charge in [-0.05, 0) is 45.5 Å². The monoisotopic (exact) mass is 292 g/mol. The van der Waals surface area contributed by atoms with Crippen LogP contribution in [-0.4, -0.2) is 0 Å². The molecule has 0 saturated carbocycles. The summed E-state index contributed by atoms with van der Waals surface area (Å²) in [6, 6.07) is 4.93. The highest BCUT2D eigenvalue weighted by molar-refractivity contribution is 9.10. The first-order valence-electron chi connectivity index (χ1n) is 4.88. The third-order valence-electron chi connectivity index (χ3n) is 2.10. The van der Waals surface area contributed by atoms with E-state index >= 15 is 0 Å². The highest BCUT2D eigenvalue weighted by atomic mass is 79.9. The van der Waals surface area contributed by atoms with E-state index in [0.29, 0.717) is 4.47 Å². The normalized spacial score (nSPS) is 14.0. The maximum Gasteiger partial charge on any atom is 0.137 e. The second-order valence-corrected chi connectivity index (χ2v) is 6.29. The zero-order valence-corrected chi connectivity index (χ0v) is 11.5. The van der Waals surface area contributed by atoms with Crippen LogP contribution >= 0.6 is 27.5 Å². The lowest BCUT2D eigenvalue weighted by Gasteiger charge is -2.22. The van der Waals surface area contributed by atoms with Gasteiger partial charge in [-0.3, -0.25) is 0 Å². The standard InChI is InChI=1S/C12H15BrClF/c1-12(2,3)7-10(14)8-4-5-11(15)9(13)6-8/h4-6,10H,7H2,1-3H3. The van der Waals surface area contributed by atoms with Crippen LogP contribution in [-0.2, 0) is 0 Å². The maximum absolute atomic E-state index is 13.0. The van der Waals surface area contributed by atoms with Gasteiger partial charge in [0.2, 0.25) is 0 Å². The molecular weight excluding hydrogens is 278 g/mol. The predicted octanol–water partition coefficient (Wildman–Crippen LogP) is 5.30. The zero-order valence-electron chi connectivity index (χ0n) is 9.15. The molecule has 0 heterocycles. The van der Waals surface area contributed by atoms with E-state index in [-0.39, 0.29) is 16.6 Å². The van der Waals surface area contributed by atoms with Crippen LogP contribution in [0.4, 0.5) is 4.39 Å². The molecule has 1 atom stereocenters. The van der Waals surface area contributed by atoms with E-state index in [0.717, 1.165) is 12.0 Å². The Labute approximate surface area is 104 Å². The van der Waals surface area contributed by atoms with Crippen LogP contribution in [0, 0.1) is 11.2 Å². The van der Waals surface area contributed by atoms with Gasteiger partial charge in [-0.15, -0.1) is 11.6 Å². The Balaban J connectivity index is 2.83. The van der Waals surface area contributed by atoms with Gasteiger partial charge in [0, 0.05) is 0 Å². The number of alkyl halides is 1. The minimum Gasteiger partial charge on any atom is -0.206 e. The summed E-state index contributed by atoms with van der Waals surface area (Å²) in [5.74, 6) is -0.252. The lowest BCUT2D eigenvalue weighted by atomic mass is 9.88. The summed E-state index contributed by atoms with van der Waals surface area (Å²) < 4.78 is 13.5.